The third-order valence-electron chi connectivity index (χ3n) is 3.64. The average molecular weight is 259 g/mol. The van der Waals surface area contributed by atoms with Gasteiger partial charge in [0.15, 0.2) is 0 Å². The zero-order valence-electron chi connectivity index (χ0n) is 10.8. The average Bonchev–Trinajstić information content (AvgIpc) is 2.92. The molecule has 0 saturated heterocycles. The molecule has 96 valence electrons. The molecule has 0 fully saturated rings. The number of nitrogen functional groups attached to an aromatic ring is 1. The summed E-state index contributed by atoms with van der Waals surface area (Å²) in [5.41, 5.74) is 8.87. The molecule has 0 amide bonds. The van der Waals surface area contributed by atoms with Gasteiger partial charge in [0.25, 0.3) is 0 Å². The quantitative estimate of drug-likeness (QED) is 0.529. The number of nitrogens with zero attached hydrogens (tertiary/aromatic N) is 2. The molecule has 0 aliphatic heterocycles. The lowest BCUT2D eigenvalue weighted by Gasteiger charge is -2.08. The number of hydrogen-bond donors (Lipinski definition) is 1. The van der Waals surface area contributed by atoms with Crippen LogP contribution < -0.4 is 5.73 Å². The Labute approximate surface area is 116 Å². The summed E-state index contributed by atoms with van der Waals surface area (Å²) in [6.07, 6.45) is 1.83. The number of anilines is 1. The standard InChI is InChI=1S/C17H13N3/c18-15-8-4-10-17-14(15)11-19-20(17)16-9-3-6-12-5-1-2-7-13(12)16/h1-11H,18H2. The van der Waals surface area contributed by atoms with Crippen molar-refractivity contribution >= 4 is 27.4 Å². The molecule has 3 aromatic carbocycles. The predicted molar refractivity (Wildman–Crippen MR) is 83.0 cm³/mol. The van der Waals surface area contributed by atoms with Crippen molar-refractivity contribution in [3.05, 3.63) is 66.9 Å². The summed E-state index contributed by atoms with van der Waals surface area (Å²) in [6.45, 7) is 0. The zero-order chi connectivity index (χ0) is 13.5. The van der Waals surface area contributed by atoms with Gasteiger partial charge >= 0.3 is 0 Å². The molecule has 0 saturated carbocycles. The van der Waals surface area contributed by atoms with Crippen LogP contribution in [-0.4, -0.2) is 9.78 Å². The number of rotatable bonds is 1. The van der Waals surface area contributed by atoms with Gasteiger partial charge in [-0.05, 0) is 23.6 Å². The molecule has 0 aliphatic carbocycles. The molecule has 0 spiro atoms. The number of aromatic nitrogens is 2. The molecule has 0 aliphatic rings. The van der Waals surface area contributed by atoms with E-state index in [0.29, 0.717) is 0 Å². The van der Waals surface area contributed by atoms with Gasteiger partial charge in [-0.3, -0.25) is 0 Å². The molecule has 1 heterocycles. The van der Waals surface area contributed by atoms with E-state index in [1.807, 2.05) is 41.2 Å². The fourth-order valence-electron chi connectivity index (χ4n) is 2.66. The van der Waals surface area contributed by atoms with Gasteiger partial charge in [-0.25, -0.2) is 4.68 Å². The highest BCUT2D eigenvalue weighted by atomic mass is 15.3. The Bertz CT molecular complexity index is 916. The summed E-state index contributed by atoms with van der Waals surface area (Å²) in [5, 5.41) is 7.89. The molecule has 3 nitrogen and oxygen atoms in total. The molecule has 0 radical (unpaired) electrons. The van der Waals surface area contributed by atoms with Crippen molar-refractivity contribution in [2.75, 3.05) is 5.73 Å². The first-order chi connectivity index (χ1) is 9.84. The fourth-order valence-corrected chi connectivity index (χ4v) is 2.66. The van der Waals surface area contributed by atoms with E-state index in [1.165, 1.54) is 10.8 Å². The van der Waals surface area contributed by atoms with Crippen LogP contribution in [0.25, 0.3) is 27.4 Å². The van der Waals surface area contributed by atoms with Gasteiger partial charge in [-0.1, -0.05) is 42.5 Å². The molecule has 0 unspecified atom stereocenters. The highest BCUT2D eigenvalue weighted by Crippen LogP contribution is 2.27. The Morgan fingerprint density at radius 2 is 1.60 bits per heavy atom. The Hall–Kier alpha value is -2.81. The van der Waals surface area contributed by atoms with Crippen LogP contribution >= 0.6 is 0 Å². The molecule has 0 atom stereocenters. The number of hydrogen-bond acceptors (Lipinski definition) is 2. The Morgan fingerprint density at radius 3 is 2.55 bits per heavy atom. The van der Waals surface area contributed by atoms with Gasteiger partial charge in [0.1, 0.15) is 0 Å². The van der Waals surface area contributed by atoms with E-state index in [9.17, 15) is 0 Å². The third kappa shape index (κ3) is 1.50. The Balaban J connectivity index is 2.09. The van der Waals surface area contributed by atoms with Crippen molar-refractivity contribution in [1.82, 2.24) is 9.78 Å². The smallest absolute Gasteiger partial charge is 0.0762 e. The van der Waals surface area contributed by atoms with E-state index in [0.717, 1.165) is 22.3 Å². The van der Waals surface area contributed by atoms with Gasteiger partial charge in [-0.2, -0.15) is 5.10 Å². The van der Waals surface area contributed by atoms with Crippen molar-refractivity contribution in [3.63, 3.8) is 0 Å². The van der Waals surface area contributed by atoms with Gasteiger partial charge in [0.05, 0.1) is 17.4 Å². The fraction of sp³-hybridized carbons (Fsp3) is 0. The molecule has 2 N–H and O–H groups in total. The van der Waals surface area contributed by atoms with Crippen molar-refractivity contribution in [2.24, 2.45) is 0 Å². The SMILES string of the molecule is Nc1cccc2c1cnn2-c1cccc2ccccc12. The van der Waals surface area contributed by atoms with Crippen LogP contribution in [0.15, 0.2) is 66.9 Å². The third-order valence-corrected chi connectivity index (χ3v) is 3.64. The van der Waals surface area contributed by atoms with E-state index in [4.69, 9.17) is 5.73 Å². The first kappa shape index (κ1) is 11.1. The molecular formula is C17H13N3. The summed E-state index contributed by atoms with van der Waals surface area (Å²) in [4.78, 5) is 0. The lowest BCUT2D eigenvalue weighted by Crippen LogP contribution is -1.97. The maximum Gasteiger partial charge on any atom is 0.0762 e. The minimum Gasteiger partial charge on any atom is -0.398 e. The van der Waals surface area contributed by atoms with Crippen LogP contribution in [0.3, 0.4) is 0 Å². The van der Waals surface area contributed by atoms with Crippen LogP contribution in [0.2, 0.25) is 0 Å². The van der Waals surface area contributed by atoms with Crippen LogP contribution in [0.4, 0.5) is 5.69 Å². The monoisotopic (exact) mass is 259 g/mol. The zero-order valence-corrected chi connectivity index (χ0v) is 10.8. The molecule has 1 aromatic heterocycles. The molecule has 20 heavy (non-hydrogen) atoms. The van der Waals surface area contributed by atoms with Crippen molar-refractivity contribution in [1.29, 1.82) is 0 Å². The van der Waals surface area contributed by atoms with Gasteiger partial charge in [0.2, 0.25) is 0 Å². The first-order valence-corrected chi connectivity index (χ1v) is 6.55. The van der Waals surface area contributed by atoms with E-state index in [1.54, 1.807) is 0 Å². The lowest BCUT2D eigenvalue weighted by atomic mass is 10.1. The number of nitrogens with two attached hydrogens (primary N) is 1. The molecular weight excluding hydrogens is 246 g/mol. The maximum absolute atomic E-state index is 6.01. The van der Waals surface area contributed by atoms with Crippen LogP contribution in [0.1, 0.15) is 0 Å². The summed E-state index contributed by atoms with van der Waals surface area (Å²) >= 11 is 0. The van der Waals surface area contributed by atoms with Gasteiger partial charge < -0.3 is 5.73 Å². The molecule has 3 heteroatoms. The predicted octanol–water partition coefficient (Wildman–Crippen LogP) is 3.76. The molecule has 4 aromatic rings. The first-order valence-electron chi connectivity index (χ1n) is 6.55. The highest BCUT2D eigenvalue weighted by Gasteiger charge is 2.09. The van der Waals surface area contributed by atoms with E-state index in [2.05, 4.69) is 35.4 Å². The summed E-state index contributed by atoms with van der Waals surface area (Å²) in [6, 6.07) is 20.5. The van der Waals surface area contributed by atoms with Crippen LogP contribution in [0.5, 0.6) is 0 Å². The van der Waals surface area contributed by atoms with E-state index < -0.39 is 0 Å². The highest BCUT2D eigenvalue weighted by molar-refractivity contribution is 5.95. The summed E-state index contributed by atoms with van der Waals surface area (Å²) < 4.78 is 1.95. The lowest BCUT2D eigenvalue weighted by molar-refractivity contribution is 0.918. The Morgan fingerprint density at radius 1 is 0.800 bits per heavy atom. The van der Waals surface area contributed by atoms with Crippen molar-refractivity contribution < 1.29 is 0 Å². The molecule has 0 bridgehead atoms. The maximum atomic E-state index is 6.01. The van der Waals surface area contributed by atoms with Crippen molar-refractivity contribution in [3.8, 4) is 5.69 Å². The normalized spacial score (nSPS) is 11.2. The summed E-state index contributed by atoms with van der Waals surface area (Å²) in [7, 11) is 0. The number of benzene rings is 3. The second kappa shape index (κ2) is 4.10. The second-order valence-corrected chi connectivity index (χ2v) is 4.83. The number of fused-ring (bicyclic) bond motifs is 2. The Kier molecular flexibility index (Phi) is 2.27. The van der Waals surface area contributed by atoms with E-state index in [-0.39, 0.29) is 0 Å². The van der Waals surface area contributed by atoms with Crippen molar-refractivity contribution in [2.45, 2.75) is 0 Å². The van der Waals surface area contributed by atoms with Gasteiger partial charge in [0, 0.05) is 16.5 Å². The van der Waals surface area contributed by atoms with Crippen LogP contribution in [0, 0.1) is 0 Å². The molecule has 4 rings (SSSR count). The minimum atomic E-state index is 0.758. The topological polar surface area (TPSA) is 43.8 Å². The van der Waals surface area contributed by atoms with E-state index >= 15 is 0 Å². The van der Waals surface area contributed by atoms with Crippen LogP contribution in [-0.2, 0) is 0 Å². The second-order valence-electron chi connectivity index (χ2n) is 4.83. The summed E-state index contributed by atoms with van der Waals surface area (Å²) in [5.74, 6) is 0. The minimum absolute atomic E-state index is 0.758. The van der Waals surface area contributed by atoms with Gasteiger partial charge in [-0.15, -0.1) is 0 Å². The largest absolute Gasteiger partial charge is 0.398 e.